The molecule has 6 heteroatoms. The second-order valence-electron chi connectivity index (χ2n) is 5.49. The van der Waals surface area contributed by atoms with E-state index in [0.29, 0.717) is 11.5 Å². The first-order valence-electron chi connectivity index (χ1n) is 7.77. The van der Waals surface area contributed by atoms with Crippen molar-refractivity contribution in [2.75, 3.05) is 0 Å². The third-order valence-electron chi connectivity index (χ3n) is 3.33. The van der Waals surface area contributed by atoms with Crippen LogP contribution in [0.4, 0.5) is 11.4 Å². The van der Waals surface area contributed by atoms with Gasteiger partial charge in [0.2, 0.25) is 0 Å². The molecule has 3 rings (SSSR count). The van der Waals surface area contributed by atoms with Crippen LogP contribution in [-0.2, 0) is 13.1 Å². The van der Waals surface area contributed by atoms with Crippen LogP contribution in [0.25, 0.3) is 0 Å². The van der Waals surface area contributed by atoms with Gasteiger partial charge in [0.05, 0.1) is 23.8 Å². The Morgan fingerprint density at radius 3 is 1.58 bits per heavy atom. The Labute approximate surface area is 168 Å². The quantitative estimate of drug-likeness (QED) is 0.333. The fourth-order valence-corrected chi connectivity index (χ4v) is 2.20. The van der Waals surface area contributed by atoms with Crippen molar-refractivity contribution in [1.29, 1.82) is 0 Å². The molecule has 0 unspecified atom stereocenters. The fraction of sp³-hybridized carbons (Fsp3) is 0.100. The molecule has 0 saturated carbocycles. The molecular weight excluding hydrogens is 411 g/mol. The van der Waals surface area contributed by atoms with Gasteiger partial charge in [-0.15, -0.1) is 0 Å². The Bertz CT molecular complexity index is 821. The van der Waals surface area contributed by atoms with Crippen LogP contribution in [0.1, 0.15) is 22.6 Å². The normalized spacial score (nSPS) is 11.1. The van der Waals surface area contributed by atoms with Crippen LogP contribution in [0, 0.1) is 13.8 Å². The van der Waals surface area contributed by atoms with Gasteiger partial charge in [0.15, 0.2) is 0 Å². The van der Waals surface area contributed by atoms with Crippen molar-refractivity contribution < 1.29 is 17.6 Å². The zero-order valence-electron chi connectivity index (χ0n) is 14.3. The maximum atomic E-state index is 5.69. The third kappa shape index (κ3) is 7.19. The number of benzene rings is 2. The van der Waals surface area contributed by atoms with Gasteiger partial charge in [-0.2, -0.15) is 0 Å². The molecule has 0 saturated heterocycles. The van der Waals surface area contributed by atoms with E-state index in [9.17, 15) is 0 Å². The summed E-state index contributed by atoms with van der Waals surface area (Å²) in [4.78, 5) is 8.83. The van der Waals surface area contributed by atoms with Gasteiger partial charge in [-0.05, 0) is 61.4 Å². The monoisotopic (exact) mass is 428 g/mol. The molecule has 0 aliphatic rings. The summed E-state index contributed by atoms with van der Waals surface area (Å²) in [5.41, 5.74) is 4.20. The zero-order valence-corrected chi connectivity index (χ0v) is 17.0. The van der Waals surface area contributed by atoms with E-state index in [1.165, 1.54) is 11.1 Å². The van der Waals surface area contributed by atoms with Crippen LogP contribution in [0.15, 0.2) is 75.1 Å². The van der Waals surface area contributed by atoms with E-state index in [-0.39, 0.29) is 13.1 Å². The number of aliphatic imine (C=N–C) groups is 2. The summed E-state index contributed by atoms with van der Waals surface area (Å²) < 4.78 is 5.69. The van der Waals surface area contributed by atoms with Gasteiger partial charge in [0.1, 0.15) is 11.5 Å². The van der Waals surface area contributed by atoms with E-state index in [4.69, 9.17) is 24.6 Å². The van der Waals surface area contributed by atoms with E-state index in [0.717, 1.165) is 11.4 Å². The number of halogens is 2. The average molecular weight is 429 g/mol. The molecule has 0 aliphatic heterocycles. The van der Waals surface area contributed by atoms with Crippen molar-refractivity contribution in [3.8, 4) is 0 Å². The second-order valence-corrected chi connectivity index (χ2v) is 7.31. The topological polar surface area (TPSA) is 37.9 Å². The number of hydrogen-bond donors (Lipinski definition) is 0. The van der Waals surface area contributed by atoms with Crippen molar-refractivity contribution in [3.63, 3.8) is 0 Å². The molecule has 0 aliphatic carbocycles. The first kappa shape index (κ1) is 20.5. The van der Waals surface area contributed by atoms with Crippen LogP contribution >= 0.6 is 20.2 Å². The summed E-state index contributed by atoms with van der Waals surface area (Å²) in [6.45, 7) is 4.09. The minimum absolute atomic E-state index is 0.194. The third-order valence-corrected chi connectivity index (χ3v) is 3.33. The van der Waals surface area contributed by atoms with Gasteiger partial charge in [0.25, 0.3) is 0 Å². The van der Waals surface area contributed by atoms with Gasteiger partial charge < -0.3 is 4.42 Å². The van der Waals surface area contributed by atoms with E-state index < -0.39 is 0 Å². The van der Waals surface area contributed by atoms with Crippen molar-refractivity contribution in [1.82, 2.24) is 0 Å². The fourth-order valence-electron chi connectivity index (χ4n) is 2.20. The molecule has 0 spiro atoms. The molecule has 3 nitrogen and oxygen atoms in total. The van der Waals surface area contributed by atoms with E-state index in [1.54, 1.807) is 12.4 Å². The van der Waals surface area contributed by atoms with E-state index in [1.807, 2.05) is 74.5 Å². The van der Waals surface area contributed by atoms with Gasteiger partial charge in [-0.3, -0.25) is 9.98 Å². The van der Waals surface area contributed by atoms with Crippen LogP contribution in [0.2, 0.25) is 0 Å². The summed E-state index contributed by atoms with van der Waals surface area (Å²) in [5, 5.41) is 0. The SMILES string of the molecule is Cc1cccc(N=Cc2ccc(C=Nc3cccc(C)c3)o2)c1.[Cl][Fe][Cl]. The van der Waals surface area contributed by atoms with Crippen LogP contribution in [0.5, 0.6) is 0 Å². The molecule has 0 radical (unpaired) electrons. The van der Waals surface area contributed by atoms with Crippen LogP contribution < -0.4 is 0 Å². The van der Waals surface area contributed by atoms with Gasteiger partial charge >= 0.3 is 33.3 Å². The molecule has 26 heavy (non-hydrogen) atoms. The minimum atomic E-state index is 0.194. The number of rotatable bonds is 4. The summed E-state index contributed by atoms with van der Waals surface area (Å²) in [5.74, 6) is 1.41. The predicted molar refractivity (Wildman–Crippen MR) is 107 cm³/mol. The molecular formula is C20H18Cl2FeN2O. The molecule has 1 heterocycles. The Balaban J connectivity index is 0.000000758. The zero-order chi connectivity index (χ0) is 18.8. The molecule has 2 aromatic carbocycles. The molecule has 0 N–H and O–H groups in total. The first-order valence-corrected chi connectivity index (χ1v) is 10.8. The Morgan fingerprint density at radius 1 is 0.769 bits per heavy atom. The molecule has 0 fully saturated rings. The number of aryl methyl sites for hydroxylation is 2. The summed E-state index contributed by atoms with van der Waals surface area (Å²) in [6.07, 6.45) is 3.44. The van der Waals surface area contributed by atoms with Gasteiger partial charge in [0, 0.05) is 0 Å². The van der Waals surface area contributed by atoms with E-state index >= 15 is 0 Å². The molecule has 0 atom stereocenters. The first-order chi connectivity index (χ1) is 12.6. The summed E-state index contributed by atoms with van der Waals surface area (Å²) in [7, 11) is 9.53. The molecule has 136 valence electrons. The van der Waals surface area contributed by atoms with Crippen molar-refractivity contribution in [2.24, 2.45) is 9.98 Å². The predicted octanol–water partition coefficient (Wildman–Crippen LogP) is 6.77. The van der Waals surface area contributed by atoms with Gasteiger partial charge in [-0.1, -0.05) is 24.3 Å². The number of hydrogen-bond acceptors (Lipinski definition) is 3. The Kier molecular flexibility index (Phi) is 8.66. The van der Waals surface area contributed by atoms with E-state index in [2.05, 4.69) is 9.98 Å². The summed E-state index contributed by atoms with van der Waals surface area (Å²) in [6, 6.07) is 19.8. The van der Waals surface area contributed by atoms with Gasteiger partial charge in [-0.25, -0.2) is 0 Å². The second kappa shape index (κ2) is 11.0. The van der Waals surface area contributed by atoms with Crippen molar-refractivity contribution >= 4 is 44.0 Å². The number of nitrogens with zero attached hydrogens (tertiary/aromatic N) is 2. The molecule has 3 aromatic rings. The average Bonchev–Trinajstić information content (AvgIpc) is 3.07. The van der Waals surface area contributed by atoms with Crippen molar-refractivity contribution in [2.45, 2.75) is 13.8 Å². The standard InChI is InChI=1S/C20H18N2O.2ClH.Fe/c1-15-5-3-7-17(11-15)21-13-19-9-10-20(23-19)14-22-18-8-4-6-16(2)12-18;;;/h3-14H,1-2H3;2*1H;/q;;;+2/p-2. The Hall–Kier alpha value is -1.84. The Morgan fingerprint density at radius 2 is 1.19 bits per heavy atom. The summed E-state index contributed by atoms with van der Waals surface area (Å²) >= 11 is 0.194. The van der Waals surface area contributed by atoms with Crippen LogP contribution in [0.3, 0.4) is 0 Å². The molecule has 1 aromatic heterocycles. The van der Waals surface area contributed by atoms with Crippen LogP contribution in [-0.4, -0.2) is 12.4 Å². The molecule has 0 amide bonds. The maximum absolute atomic E-state index is 5.69. The van der Waals surface area contributed by atoms with Crippen molar-refractivity contribution in [3.05, 3.63) is 83.3 Å². The number of furan rings is 1. The molecule has 0 bridgehead atoms.